The average molecular weight is 416 g/mol. The Morgan fingerprint density at radius 2 is 1.93 bits per heavy atom. The maximum atomic E-state index is 12.8. The number of alkyl halides is 3. The van der Waals surface area contributed by atoms with Crippen LogP contribution in [0, 0.1) is 5.92 Å². The minimum Gasteiger partial charge on any atom is -0.366 e. The highest BCUT2D eigenvalue weighted by Crippen LogP contribution is 2.27. The van der Waals surface area contributed by atoms with Crippen molar-refractivity contribution < 1.29 is 27.5 Å². The standard InChI is InChI=1S/C17H23F3N6O3/c18-17(19,20)14-7-21-26(23-14)8-11-1-4-24(5-2-11)16(28)25-6-3-13-12(9-25)22-15(27)10-29-13/h7,11-13H,1-6,8-10H2,(H,22,27)/t12-,13+/m1/s1. The number of urea groups is 1. The molecule has 0 aliphatic carbocycles. The third-order valence-corrected chi connectivity index (χ3v) is 5.73. The molecule has 0 aromatic carbocycles. The number of ether oxygens (including phenoxy) is 1. The SMILES string of the molecule is O=C1CO[C@H]2CCN(C(=O)N3CCC(Cn4ncc(C(F)(F)F)n4)CC3)C[C@H]2N1. The second-order valence-electron chi connectivity index (χ2n) is 7.75. The monoisotopic (exact) mass is 416 g/mol. The number of nitrogens with one attached hydrogen (secondary N) is 1. The Hall–Kier alpha value is -2.37. The number of likely N-dealkylation sites (tertiary alicyclic amines) is 2. The predicted molar refractivity (Wildman–Crippen MR) is 92.6 cm³/mol. The average Bonchev–Trinajstić information content (AvgIpc) is 3.16. The summed E-state index contributed by atoms with van der Waals surface area (Å²) in [5.41, 5.74) is -0.993. The topological polar surface area (TPSA) is 92.6 Å². The van der Waals surface area contributed by atoms with Crippen LogP contribution in [0.5, 0.6) is 0 Å². The van der Waals surface area contributed by atoms with Crippen LogP contribution in [0.25, 0.3) is 0 Å². The highest BCUT2D eigenvalue weighted by atomic mass is 19.4. The van der Waals surface area contributed by atoms with Gasteiger partial charge in [0.2, 0.25) is 5.91 Å². The Kier molecular flexibility index (Phi) is 5.36. The molecular formula is C17H23F3N6O3. The fourth-order valence-electron chi connectivity index (χ4n) is 4.13. The maximum absolute atomic E-state index is 12.8. The van der Waals surface area contributed by atoms with E-state index in [0.29, 0.717) is 52.0 Å². The summed E-state index contributed by atoms with van der Waals surface area (Å²) in [6, 6.07) is -0.251. The van der Waals surface area contributed by atoms with Crippen molar-refractivity contribution in [3.05, 3.63) is 11.9 Å². The molecule has 0 unspecified atom stereocenters. The van der Waals surface area contributed by atoms with Gasteiger partial charge in [0.1, 0.15) is 6.61 Å². The molecule has 2 atom stereocenters. The molecule has 1 aromatic heterocycles. The van der Waals surface area contributed by atoms with Gasteiger partial charge < -0.3 is 19.9 Å². The third kappa shape index (κ3) is 4.46. The molecule has 4 heterocycles. The van der Waals surface area contributed by atoms with Gasteiger partial charge in [-0.2, -0.15) is 23.1 Å². The molecule has 0 radical (unpaired) electrons. The summed E-state index contributed by atoms with van der Waals surface area (Å²) >= 11 is 0. The molecule has 3 amide bonds. The Morgan fingerprint density at radius 3 is 2.62 bits per heavy atom. The van der Waals surface area contributed by atoms with E-state index in [4.69, 9.17) is 4.74 Å². The predicted octanol–water partition coefficient (Wildman–Crippen LogP) is 0.718. The van der Waals surface area contributed by atoms with Crippen molar-refractivity contribution in [3.8, 4) is 0 Å². The van der Waals surface area contributed by atoms with Gasteiger partial charge in [-0.15, -0.1) is 5.10 Å². The molecule has 3 saturated heterocycles. The van der Waals surface area contributed by atoms with Gasteiger partial charge in [0, 0.05) is 26.2 Å². The second-order valence-corrected chi connectivity index (χ2v) is 7.75. The molecule has 12 heteroatoms. The molecule has 9 nitrogen and oxygen atoms in total. The molecule has 0 bridgehead atoms. The first kappa shape index (κ1) is 19.9. The molecular weight excluding hydrogens is 393 g/mol. The summed E-state index contributed by atoms with van der Waals surface area (Å²) in [5.74, 6) is -0.0495. The van der Waals surface area contributed by atoms with Gasteiger partial charge in [0.15, 0.2) is 5.69 Å². The van der Waals surface area contributed by atoms with Gasteiger partial charge in [0.25, 0.3) is 0 Å². The number of nitrogens with zero attached hydrogens (tertiary/aromatic N) is 5. The van der Waals surface area contributed by atoms with Crippen LogP contribution < -0.4 is 5.32 Å². The molecule has 29 heavy (non-hydrogen) atoms. The van der Waals surface area contributed by atoms with E-state index < -0.39 is 11.9 Å². The lowest BCUT2D eigenvalue weighted by atomic mass is 9.97. The third-order valence-electron chi connectivity index (χ3n) is 5.73. The van der Waals surface area contributed by atoms with E-state index in [-0.39, 0.29) is 36.6 Å². The molecule has 0 spiro atoms. The van der Waals surface area contributed by atoms with Crippen LogP contribution >= 0.6 is 0 Å². The first-order chi connectivity index (χ1) is 13.8. The molecule has 4 rings (SSSR count). The molecule has 3 aliphatic rings. The quantitative estimate of drug-likeness (QED) is 0.767. The van der Waals surface area contributed by atoms with Gasteiger partial charge in [-0.05, 0) is 25.2 Å². The van der Waals surface area contributed by atoms with Crippen LogP contribution in [-0.4, -0.2) is 81.7 Å². The van der Waals surface area contributed by atoms with Crippen molar-refractivity contribution in [2.45, 2.75) is 44.1 Å². The molecule has 3 fully saturated rings. The lowest BCUT2D eigenvalue weighted by Crippen LogP contribution is -2.62. The molecule has 3 aliphatic heterocycles. The van der Waals surface area contributed by atoms with Crippen LogP contribution in [0.3, 0.4) is 0 Å². The number of halogens is 3. The van der Waals surface area contributed by atoms with Crippen LogP contribution in [0.4, 0.5) is 18.0 Å². The van der Waals surface area contributed by atoms with Crippen molar-refractivity contribution in [1.29, 1.82) is 0 Å². The molecule has 0 saturated carbocycles. The molecule has 160 valence electrons. The van der Waals surface area contributed by atoms with Crippen LogP contribution in [0.15, 0.2) is 6.20 Å². The summed E-state index contributed by atoms with van der Waals surface area (Å²) in [6.45, 7) is 2.43. The number of aromatic nitrogens is 3. The number of rotatable bonds is 2. The normalized spacial score (nSPS) is 26.2. The van der Waals surface area contributed by atoms with E-state index in [9.17, 15) is 22.8 Å². The smallest absolute Gasteiger partial charge is 0.366 e. The highest BCUT2D eigenvalue weighted by molar-refractivity contribution is 5.79. The van der Waals surface area contributed by atoms with Crippen LogP contribution in [0.2, 0.25) is 0 Å². The molecule has 1 N–H and O–H groups in total. The van der Waals surface area contributed by atoms with Gasteiger partial charge in [-0.3, -0.25) is 4.79 Å². The van der Waals surface area contributed by atoms with Crippen molar-refractivity contribution in [1.82, 2.24) is 30.1 Å². The summed E-state index contributed by atoms with van der Waals surface area (Å²) in [4.78, 5) is 28.9. The number of carbonyl (C=O) groups excluding carboxylic acids is 2. The largest absolute Gasteiger partial charge is 0.436 e. The van der Waals surface area contributed by atoms with Crippen LogP contribution in [-0.2, 0) is 22.3 Å². The van der Waals surface area contributed by atoms with E-state index >= 15 is 0 Å². The number of amides is 3. The number of piperidine rings is 2. The lowest BCUT2D eigenvalue weighted by Gasteiger charge is -2.43. The number of carbonyl (C=O) groups is 2. The van der Waals surface area contributed by atoms with E-state index in [0.717, 1.165) is 11.0 Å². The van der Waals surface area contributed by atoms with Gasteiger partial charge >= 0.3 is 12.2 Å². The number of hydrogen-bond acceptors (Lipinski definition) is 5. The van der Waals surface area contributed by atoms with Crippen molar-refractivity contribution in [2.75, 3.05) is 32.8 Å². The summed E-state index contributed by atoms with van der Waals surface area (Å²) in [5, 5.41) is 10.1. The second kappa shape index (κ2) is 7.81. The summed E-state index contributed by atoms with van der Waals surface area (Å²) in [7, 11) is 0. The van der Waals surface area contributed by atoms with E-state index in [1.54, 1.807) is 9.80 Å². The van der Waals surface area contributed by atoms with E-state index in [1.807, 2.05) is 0 Å². The van der Waals surface area contributed by atoms with Gasteiger partial charge in [0.05, 0.1) is 24.9 Å². The number of hydrogen-bond donors (Lipinski definition) is 1. The first-order valence-corrected chi connectivity index (χ1v) is 9.72. The maximum Gasteiger partial charge on any atom is 0.436 e. The number of morpholine rings is 1. The fraction of sp³-hybridized carbons (Fsp3) is 0.765. The summed E-state index contributed by atoms with van der Waals surface area (Å²) in [6.07, 6.45) is -1.78. The zero-order chi connectivity index (χ0) is 20.6. The Bertz CT molecular complexity index is 762. The van der Waals surface area contributed by atoms with Crippen LogP contribution in [0.1, 0.15) is 25.0 Å². The Labute approximate surface area is 165 Å². The summed E-state index contributed by atoms with van der Waals surface area (Å²) < 4.78 is 43.4. The highest BCUT2D eigenvalue weighted by Gasteiger charge is 2.38. The Balaban J connectivity index is 1.26. The van der Waals surface area contributed by atoms with Crippen molar-refractivity contribution in [3.63, 3.8) is 0 Å². The lowest BCUT2D eigenvalue weighted by molar-refractivity contribution is -0.141. The number of fused-ring (bicyclic) bond motifs is 1. The van der Waals surface area contributed by atoms with Crippen molar-refractivity contribution in [2.24, 2.45) is 5.92 Å². The fourth-order valence-corrected chi connectivity index (χ4v) is 4.13. The van der Waals surface area contributed by atoms with Crippen molar-refractivity contribution >= 4 is 11.9 Å². The van der Waals surface area contributed by atoms with Gasteiger partial charge in [-0.25, -0.2) is 4.79 Å². The first-order valence-electron chi connectivity index (χ1n) is 9.72. The minimum atomic E-state index is -4.50. The zero-order valence-corrected chi connectivity index (χ0v) is 15.8. The Morgan fingerprint density at radius 1 is 1.21 bits per heavy atom. The van der Waals surface area contributed by atoms with Gasteiger partial charge in [-0.1, -0.05) is 0 Å². The van der Waals surface area contributed by atoms with E-state index in [1.165, 1.54) is 0 Å². The zero-order valence-electron chi connectivity index (χ0n) is 15.8. The molecule has 1 aromatic rings. The van der Waals surface area contributed by atoms with E-state index in [2.05, 4.69) is 15.5 Å². The minimum absolute atomic E-state index is 0.0503.